The first kappa shape index (κ1) is 29.2. The van der Waals surface area contributed by atoms with Crippen LogP contribution in [0.3, 0.4) is 0 Å². The molecule has 10 nitrogen and oxygen atoms in total. The quantitative estimate of drug-likeness (QED) is 0.193. The molecule has 0 radical (unpaired) electrons. The lowest BCUT2D eigenvalue weighted by molar-refractivity contribution is 0.102. The number of phenols is 1. The van der Waals surface area contributed by atoms with Gasteiger partial charge in [0.25, 0.3) is 5.91 Å². The van der Waals surface area contributed by atoms with E-state index >= 15 is 0 Å². The van der Waals surface area contributed by atoms with Crippen molar-refractivity contribution in [2.75, 3.05) is 17.7 Å². The van der Waals surface area contributed by atoms with Crippen LogP contribution in [0.5, 0.6) is 11.5 Å². The Balaban J connectivity index is 1.44. The number of ether oxygens (including phenoxy) is 1. The molecule has 1 heterocycles. The zero-order valence-corrected chi connectivity index (χ0v) is 23.7. The molecule has 0 bridgehead atoms. The highest BCUT2D eigenvalue weighted by molar-refractivity contribution is 7.92. The van der Waals surface area contributed by atoms with Crippen LogP contribution in [0, 0.1) is 6.92 Å². The summed E-state index contributed by atoms with van der Waals surface area (Å²) in [7, 11) is -2.05. The number of nitrogens with one attached hydrogen (secondary N) is 3. The van der Waals surface area contributed by atoms with Crippen LogP contribution in [0.1, 0.15) is 40.0 Å². The standard InChI is InChI=1S/C30H31N5O5S/c1-5-41(38,39)32-16-21-9-11-25(19(2)13-21)30(37)34-24-8-6-7-22(14-24)20(3)33-29-18-31-17-26(35-29)23-10-12-27(36)28(15-23)40-4/h5-15,17-18,20,32,36H,1,16H2,2-4H3,(H,33,35)(H,34,37)/t20-/m0/s1. The second kappa shape index (κ2) is 12.6. The molecule has 4 rings (SSSR count). The van der Waals surface area contributed by atoms with Gasteiger partial charge in [-0.2, -0.15) is 0 Å². The van der Waals surface area contributed by atoms with Crippen LogP contribution >= 0.6 is 0 Å². The third-order valence-corrected chi connectivity index (χ3v) is 7.34. The number of carbonyl (C=O) groups excluding carboxylic acids is 1. The molecule has 0 saturated heterocycles. The Morgan fingerprint density at radius 1 is 1.12 bits per heavy atom. The van der Waals surface area contributed by atoms with Crippen molar-refractivity contribution >= 4 is 27.4 Å². The summed E-state index contributed by atoms with van der Waals surface area (Å²) in [6, 6.07) is 17.5. The van der Waals surface area contributed by atoms with E-state index in [4.69, 9.17) is 4.74 Å². The molecule has 0 unspecified atom stereocenters. The molecule has 11 heteroatoms. The van der Waals surface area contributed by atoms with Crippen molar-refractivity contribution in [2.45, 2.75) is 26.4 Å². The van der Waals surface area contributed by atoms with Gasteiger partial charge in [-0.1, -0.05) is 30.8 Å². The molecule has 4 aromatic rings. The Bertz CT molecular complexity index is 1690. The summed E-state index contributed by atoms with van der Waals surface area (Å²) in [4.78, 5) is 22.0. The maximum Gasteiger partial charge on any atom is 0.255 e. The molecule has 4 N–H and O–H groups in total. The van der Waals surface area contributed by atoms with Crippen molar-refractivity contribution in [3.05, 3.63) is 107 Å². The van der Waals surface area contributed by atoms with Crippen LogP contribution in [0.4, 0.5) is 11.5 Å². The van der Waals surface area contributed by atoms with Gasteiger partial charge in [0, 0.05) is 28.8 Å². The zero-order chi connectivity index (χ0) is 29.6. The van der Waals surface area contributed by atoms with Crippen molar-refractivity contribution in [1.82, 2.24) is 14.7 Å². The summed E-state index contributed by atoms with van der Waals surface area (Å²) < 4.78 is 30.8. The Morgan fingerprint density at radius 3 is 2.66 bits per heavy atom. The van der Waals surface area contributed by atoms with E-state index in [9.17, 15) is 18.3 Å². The summed E-state index contributed by atoms with van der Waals surface area (Å²) in [5, 5.41) is 17.0. The Kier molecular flexibility index (Phi) is 9.00. The zero-order valence-electron chi connectivity index (χ0n) is 22.9. The largest absolute Gasteiger partial charge is 0.504 e. The van der Waals surface area contributed by atoms with Gasteiger partial charge in [-0.05, 0) is 66.9 Å². The molecular formula is C30H31N5O5S. The van der Waals surface area contributed by atoms with E-state index in [-0.39, 0.29) is 24.2 Å². The number of methoxy groups -OCH3 is 1. The Morgan fingerprint density at radius 2 is 1.93 bits per heavy atom. The van der Waals surface area contributed by atoms with E-state index in [1.54, 1.807) is 61.8 Å². The number of anilines is 2. The number of sulfonamides is 1. The number of carbonyl (C=O) groups is 1. The highest BCUT2D eigenvalue weighted by Crippen LogP contribution is 2.31. The lowest BCUT2D eigenvalue weighted by atomic mass is 10.0. The molecule has 3 aromatic carbocycles. The molecule has 1 amide bonds. The first-order valence-electron chi connectivity index (χ1n) is 12.7. The van der Waals surface area contributed by atoms with Crippen LogP contribution in [0.25, 0.3) is 11.3 Å². The van der Waals surface area contributed by atoms with E-state index in [0.717, 1.165) is 22.1 Å². The molecule has 1 atom stereocenters. The number of hydrogen-bond acceptors (Lipinski definition) is 8. The van der Waals surface area contributed by atoms with Gasteiger partial charge in [0.05, 0.1) is 31.2 Å². The molecule has 0 aliphatic carbocycles. The normalized spacial score (nSPS) is 11.9. The van der Waals surface area contributed by atoms with Crippen LogP contribution in [0.2, 0.25) is 0 Å². The van der Waals surface area contributed by atoms with Gasteiger partial charge in [0.15, 0.2) is 11.5 Å². The topological polar surface area (TPSA) is 143 Å². The third kappa shape index (κ3) is 7.47. The summed E-state index contributed by atoms with van der Waals surface area (Å²) in [5.41, 5.74) is 4.82. The first-order valence-corrected chi connectivity index (χ1v) is 14.2. The maximum absolute atomic E-state index is 13.0. The van der Waals surface area contributed by atoms with Gasteiger partial charge >= 0.3 is 0 Å². The molecule has 41 heavy (non-hydrogen) atoms. The smallest absolute Gasteiger partial charge is 0.255 e. The van der Waals surface area contributed by atoms with E-state index in [1.165, 1.54) is 7.11 Å². The van der Waals surface area contributed by atoms with E-state index < -0.39 is 10.0 Å². The SMILES string of the molecule is C=CS(=O)(=O)NCc1ccc(C(=O)Nc2cccc([C@H](C)Nc3cncc(-c4ccc(O)c(OC)c4)n3)c2)c(C)c1. The van der Waals surface area contributed by atoms with Gasteiger partial charge in [0.2, 0.25) is 10.0 Å². The summed E-state index contributed by atoms with van der Waals surface area (Å²) in [6.45, 7) is 7.15. The highest BCUT2D eigenvalue weighted by Gasteiger charge is 2.14. The minimum atomic E-state index is -3.54. The summed E-state index contributed by atoms with van der Waals surface area (Å²) in [5.74, 6) is 0.668. The highest BCUT2D eigenvalue weighted by atomic mass is 32.2. The monoisotopic (exact) mass is 573 g/mol. The van der Waals surface area contributed by atoms with E-state index in [2.05, 4.69) is 31.9 Å². The average molecular weight is 574 g/mol. The fraction of sp³-hybridized carbons (Fsp3) is 0.167. The lowest BCUT2D eigenvalue weighted by Gasteiger charge is -2.17. The number of aryl methyl sites for hydroxylation is 1. The Labute approximate surface area is 239 Å². The minimum absolute atomic E-state index is 0.0421. The van der Waals surface area contributed by atoms with E-state index in [1.807, 2.05) is 25.1 Å². The van der Waals surface area contributed by atoms with Crippen molar-refractivity contribution in [1.29, 1.82) is 0 Å². The fourth-order valence-electron chi connectivity index (χ4n) is 4.13. The predicted molar refractivity (Wildman–Crippen MR) is 159 cm³/mol. The van der Waals surface area contributed by atoms with Gasteiger partial charge in [0.1, 0.15) is 5.82 Å². The van der Waals surface area contributed by atoms with Gasteiger partial charge in [-0.25, -0.2) is 18.1 Å². The Hall–Kier alpha value is -4.74. The van der Waals surface area contributed by atoms with Crippen LogP contribution in [0.15, 0.2) is 85.0 Å². The summed E-state index contributed by atoms with van der Waals surface area (Å²) in [6.07, 6.45) is 3.25. The second-order valence-electron chi connectivity index (χ2n) is 9.30. The average Bonchev–Trinajstić information content (AvgIpc) is 2.96. The van der Waals surface area contributed by atoms with Crippen molar-refractivity contribution in [3.63, 3.8) is 0 Å². The lowest BCUT2D eigenvalue weighted by Crippen LogP contribution is -2.20. The molecular weight excluding hydrogens is 542 g/mol. The number of phenolic OH excluding ortho intramolecular Hbond substituents is 1. The third-order valence-electron chi connectivity index (χ3n) is 6.35. The number of rotatable bonds is 11. The number of amides is 1. The molecule has 0 aliphatic heterocycles. The second-order valence-corrected chi connectivity index (χ2v) is 11.0. The van der Waals surface area contributed by atoms with Crippen molar-refractivity contribution < 1.29 is 23.1 Å². The van der Waals surface area contributed by atoms with Gasteiger partial charge in [-0.15, -0.1) is 0 Å². The molecule has 0 fully saturated rings. The number of nitrogens with zero attached hydrogens (tertiary/aromatic N) is 2. The molecule has 1 aromatic heterocycles. The predicted octanol–water partition coefficient (Wildman–Crippen LogP) is 5.15. The first-order chi connectivity index (χ1) is 19.6. The number of hydrogen-bond donors (Lipinski definition) is 4. The minimum Gasteiger partial charge on any atom is -0.504 e. The number of aromatic nitrogens is 2. The van der Waals surface area contributed by atoms with Gasteiger partial charge in [-0.3, -0.25) is 9.78 Å². The van der Waals surface area contributed by atoms with Gasteiger partial charge < -0.3 is 20.5 Å². The van der Waals surface area contributed by atoms with Crippen molar-refractivity contribution in [2.24, 2.45) is 0 Å². The number of aromatic hydroxyl groups is 1. The number of benzene rings is 3. The van der Waals surface area contributed by atoms with Crippen LogP contribution < -0.4 is 20.1 Å². The molecule has 0 spiro atoms. The fourth-order valence-corrected chi connectivity index (χ4v) is 4.62. The van der Waals surface area contributed by atoms with Crippen LogP contribution in [-0.2, 0) is 16.6 Å². The van der Waals surface area contributed by atoms with Crippen molar-refractivity contribution in [3.8, 4) is 22.8 Å². The summed E-state index contributed by atoms with van der Waals surface area (Å²) >= 11 is 0. The molecule has 0 saturated carbocycles. The molecule has 212 valence electrons. The maximum atomic E-state index is 13.0. The van der Waals surface area contributed by atoms with Crippen LogP contribution in [-0.4, -0.2) is 36.5 Å². The molecule has 0 aliphatic rings. The van der Waals surface area contributed by atoms with E-state index in [0.29, 0.717) is 34.1 Å².